The highest BCUT2D eigenvalue weighted by Crippen LogP contribution is 2.17. The third-order valence-corrected chi connectivity index (χ3v) is 5.46. The predicted octanol–water partition coefficient (Wildman–Crippen LogP) is 0.171. The van der Waals surface area contributed by atoms with Crippen LogP contribution in [0.5, 0.6) is 0 Å². The van der Waals surface area contributed by atoms with Crippen molar-refractivity contribution in [2.24, 2.45) is 17.6 Å². The normalized spacial score (nSPS) is 17.4. The number of nitrogens with zero attached hydrogens (tertiary/aromatic N) is 1. The highest BCUT2D eigenvalue weighted by atomic mass is 32.2. The third kappa shape index (κ3) is 5.48. The second kappa shape index (κ2) is 7.06. The predicted molar refractivity (Wildman–Crippen MR) is 76.6 cm³/mol. The average Bonchev–Trinajstić information content (AvgIpc) is 2.34. The van der Waals surface area contributed by atoms with Gasteiger partial charge < -0.3 is 10.6 Å². The Morgan fingerprint density at radius 2 is 1.80 bits per heavy atom. The van der Waals surface area contributed by atoms with Crippen LogP contribution in [0.3, 0.4) is 0 Å². The monoisotopic (exact) mass is 304 g/mol. The van der Waals surface area contributed by atoms with E-state index in [2.05, 4.69) is 0 Å². The van der Waals surface area contributed by atoms with E-state index in [0.717, 1.165) is 0 Å². The van der Waals surface area contributed by atoms with Crippen molar-refractivity contribution in [3.63, 3.8) is 0 Å². The van der Waals surface area contributed by atoms with Gasteiger partial charge in [0, 0.05) is 25.4 Å². The number of amides is 2. The van der Waals surface area contributed by atoms with Crippen molar-refractivity contribution in [3.05, 3.63) is 0 Å². The number of sulfone groups is 1. The Labute approximate surface area is 120 Å². The molecule has 0 aliphatic carbocycles. The molecule has 7 heteroatoms. The number of rotatable bonds is 6. The summed E-state index contributed by atoms with van der Waals surface area (Å²) >= 11 is 0. The standard InChI is InChI=1S/C13H24N2O4S/c1-10(2)9-20(18,19)8-5-12(16)15-6-3-11(4-7-15)13(14)17/h10-11H,3-9H2,1-2H3,(H2,14,17). The number of primary amides is 1. The van der Waals surface area contributed by atoms with Gasteiger partial charge in [0.2, 0.25) is 11.8 Å². The molecule has 2 amide bonds. The summed E-state index contributed by atoms with van der Waals surface area (Å²) in [7, 11) is -3.16. The van der Waals surface area contributed by atoms with Crippen molar-refractivity contribution in [2.75, 3.05) is 24.6 Å². The Morgan fingerprint density at radius 1 is 1.25 bits per heavy atom. The van der Waals surface area contributed by atoms with Crippen molar-refractivity contribution in [3.8, 4) is 0 Å². The molecule has 0 unspecified atom stereocenters. The topological polar surface area (TPSA) is 97.5 Å². The first-order valence-electron chi connectivity index (χ1n) is 6.99. The Balaban J connectivity index is 2.40. The second-order valence-electron chi connectivity index (χ2n) is 5.82. The largest absolute Gasteiger partial charge is 0.369 e. The Hall–Kier alpha value is -1.11. The molecule has 1 saturated heterocycles. The lowest BCUT2D eigenvalue weighted by Gasteiger charge is -2.30. The molecule has 1 rings (SSSR count). The fourth-order valence-electron chi connectivity index (χ4n) is 2.41. The fourth-order valence-corrected chi connectivity index (χ4v) is 4.07. The van der Waals surface area contributed by atoms with Crippen LogP contribution < -0.4 is 5.73 Å². The summed E-state index contributed by atoms with van der Waals surface area (Å²) in [6, 6.07) is 0. The van der Waals surface area contributed by atoms with Crippen LogP contribution in [0.25, 0.3) is 0 Å². The van der Waals surface area contributed by atoms with Crippen molar-refractivity contribution >= 4 is 21.7 Å². The van der Waals surface area contributed by atoms with Crippen molar-refractivity contribution in [1.29, 1.82) is 0 Å². The van der Waals surface area contributed by atoms with Crippen LogP contribution in [0.15, 0.2) is 0 Å². The molecule has 0 bridgehead atoms. The molecule has 0 aromatic heterocycles. The van der Waals surface area contributed by atoms with Crippen molar-refractivity contribution in [2.45, 2.75) is 33.1 Å². The quantitative estimate of drug-likeness (QED) is 0.756. The number of carbonyl (C=O) groups excluding carboxylic acids is 2. The molecular formula is C13H24N2O4S. The van der Waals surface area contributed by atoms with Gasteiger partial charge in [0.15, 0.2) is 9.84 Å². The van der Waals surface area contributed by atoms with Crippen LogP contribution in [0.1, 0.15) is 33.1 Å². The summed E-state index contributed by atoms with van der Waals surface area (Å²) in [5, 5.41) is 0. The smallest absolute Gasteiger partial charge is 0.223 e. The van der Waals surface area contributed by atoms with Gasteiger partial charge in [-0.1, -0.05) is 13.8 Å². The zero-order chi connectivity index (χ0) is 15.3. The van der Waals surface area contributed by atoms with Crippen LogP contribution in [0.4, 0.5) is 0 Å². The first kappa shape index (κ1) is 16.9. The van der Waals surface area contributed by atoms with Gasteiger partial charge >= 0.3 is 0 Å². The summed E-state index contributed by atoms with van der Waals surface area (Å²) in [4.78, 5) is 24.6. The first-order valence-corrected chi connectivity index (χ1v) is 8.81. The summed E-state index contributed by atoms with van der Waals surface area (Å²) < 4.78 is 23.5. The second-order valence-corrected chi connectivity index (χ2v) is 8.04. The van der Waals surface area contributed by atoms with Crippen LogP contribution in [0, 0.1) is 11.8 Å². The molecule has 1 aliphatic heterocycles. The Kier molecular flexibility index (Phi) is 5.98. The van der Waals surface area contributed by atoms with E-state index in [1.165, 1.54) is 0 Å². The van der Waals surface area contributed by atoms with E-state index in [1.54, 1.807) is 4.90 Å². The Bertz CT molecular complexity index is 451. The van der Waals surface area contributed by atoms with Crippen LogP contribution in [-0.2, 0) is 19.4 Å². The van der Waals surface area contributed by atoms with E-state index >= 15 is 0 Å². The van der Waals surface area contributed by atoms with Gasteiger partial charge in [0.05, 0.1) is 11.5 Å². The zero-order valence-electron chi connectivity index (χ0n) is 12.2. The number of hydrogen-bond donors (Lipinski definition) is 1. The molecule has 1 aliphatic rings. The summed E-state index contributed by atoms with van der Waals surface area (Å²) in [5.41, 5.74) is 5.23. The zero-order valence-corrected chi connectivity index (χ0v) is 13.0. The summed E-state index contributed by atoms with van der Waals surface area (Å²) in [5.74, 6) is -0.550. The van der Waals surface area contributed by atoms with E-state index in [1.807, 2.05) is 13.8 Å². The lowest BCUT2D eigenvalue weighted by molar-refractivity contribution is -0.134. The molecular weight excluding hydrogens is 280 g/mol. The van der Waals surface area contributed by atoms with Gasteiger partial charge in [0.1, 0.15) is 0 Å². The van der Waals surface area contributed by atoms with E-state index in [-0.39, 0.29) is 41.6 Å². The molecule has 0 atom stereocenters. The van der Waals surface area contributed by atoms with Gasteiger partial charge in [-0.3, -0.25) is 9.59 Å². The SMILES string of the molecule is CC(C)CS(=O)(=O)CCC(=O)N1CCC(C(N)=O)CC1. The minimum absolute atomic E-state index is 0.0241. The summed E-state index contributed by atoms with van der Waals surface area (Å²) in [6.07, 6.45) is 1.16. The minimum Gasteiger partial charge on any atom is -0.369 e. The molecule has 0 aromatic rings. The molecule has 2 N–H and O–H groups in total. The number of hydrogen-bond acceptors (Lipinski definition) is 4. The summed E-state index contributed by atoms with van der Waals surface area (Å²) in [6.45, 7) is 4.65. The maximum Gasteiger partial charge on any atom is 0.223 e. The van der Waals surface area contributed by atoms with E-state index in [4.69, 9.17) is 5.73 Å². The molecule has 116 valence electrons. The molecule has 0 spiro atoms. The number of likely N-dealkylation sites (tertiary alicyclic amines) is 1. The lowest BCUT2D eigenvalue weighted by Crippen LogP contribution is -2.42. The van der Waals surface area contributed by atoms with Gasteiger partial charge in [-0.05, 0) is 18.8 Å². The maximum absolute atomic E-state index is 12.0. The van der Waals surface area contributed by atoms with E-state index < -0.39 is 9.84 Å². The van der Waals surface area contributed by atoms with Crippen LogP contribution in [-0.4, -0.2) is 49.7 Å². The minimum atomic E-state index is -3.16. The van der Waals surface area contributed by atoms with Crippen LogP contribution in [0.2, 0.25) is 0 Å². The fraction of sp³-hybridized carbons (Fsp3) is 0.846. The third-order valence-electron chi connectivity index (χ3n) is 3.46. The number of piperidine rings is 1. The molecule has 0 saturated carbocycles. The first-order chi connectivity index (χ1) is 9.21. The maximum atomic E-state index is 12.0. The van der Waals surface area contributed by atoms with Crippen LogP contribution >= 0.6 is 0 Å². The van der Waals surface area contributed by atoms with E-state index in [0.29, 0.717) is 25.9 Å². The molecule has 0 radical (unpaired) electrons. The highest BCUT2D eigenvalue weighted by molar-refractivity contribution is 7.91. The molecule has 20 heavy (non-hydrogen) atoms. The van der Waals surface area contributed by atoms with E-state index in [9.17, 15) is 18.0 Å². The highest BCUT2D eigenvalue weighted by Gasteiger charge is 2.26. The number of nitrogens with two attached hydrogens (primary N) is 1. The molecule has 1 fully saturated rings. The van der Waals surface area contributed by atoms with Gasteiger partial charge in [-0.2, -0.15) is 0 Å². The Morgan fingerprint density at radius 3 is 2.25 bits per heavy atom. The lowest BCUT2D eigenvalue weighted by atomic mass is 9.96. The van der Waals surface area contributed by atoms with Gasteiger partial charge in [-0.25, -0.2) is 8.42 Å². The average molecular weight is 304 g/mol. The molecule has 1 heterocycles. The molecule has 0 aromatic carbocycles. The van der Waals surface area contributed by atoms with Gasteiger partial charge in [-0.15, -0.1) is 0 Å². The van der Waals surface area contributed by atoms with Crippen molar-refractivity contribution in [1.82, 2.24) is 4.90 Å². The molecule has 6 nitrogen and oxygen atoms in total. The van der Waals surface area contributed by atoms with Gasteiger partial charge in [0.25, 0.3) is 0 Å². The van der Waals surface area contributed by atoms with Crippen molar-refractivity contribution < 1.29 is 18.0 Å². The number of carbonyl (C=O) groups is 2.